The molecule has 0 radical (unpaired) electrons. The molecule has 100 valence electrons. The Labute approximate surface area is 110 Å². The number of benzene rings is 1. The highest BCUT2D eigenvalue weighted by Gasteiger charge is 2.09. The van der Waals surface area contributed by atoms with Crippen molar-refractivity contribution in [1.29, 1.82) is 0 Å². The standard InChI is InChI=1S/C15H24N2O/c1-4-5-9-17-15(11-16)13-7-6-8-14(10-13)18-12(2)3/h4,6-8,10,12,15,17H,1,5,9,11,16H2,2-3H3. The molecule has 0 fully saturated rings. The lowest BCUT2D eigenvalue weighted by Gasteiger charge is -2.18. The maximum absolute atomic E-state index is 5.81. The number of hydrogen-bond acceptors (Lipinski definition) is 3. The van der Waals surface area contributed by atoms with Gasteiger partial charge in [0.25, 0.3) is 0 Å². The van der Waals surface area contributed by atoms with Crippen LogP contribution in [0.4, 0.5) is 0 Å². The van der Waals surface area contributed by atoms with Crippen molar-refractivity contribution in [3.63, 3.8) is 0 Å². The Balaban J connectivity index is 2.69. The van der Waals surface area contributed by atoms with Gasteiger partial charge in [-0.25, -0.2) is 0 Å². The Hall–Kier alpha value is -1.32. The molecular weight excluding hydrogens is 224 g/mol. The number of ether oxygens (including phenoxy) is 1. The van der Waals surface area contributed by atoms with Gasteiger partial charge in [-0.15, -0.1) is 6.58 Å². The van der Waals surface area contributed by atoms with Gasteiger partial charge < -0.3 is 15.8 Å². The van der Waals surface area contributed by atoms with Crippen molar-refractivity contribution in [3.8, 4) is 5.75 Å². The molecule has 3 N–H and O–H groups in total. The van der Waals surface area contributed by atoms with Crippen LogP contribution in [-0.2, 0) is 0 Å². The molecule has 1 aromatic carbocycles. The second kappa shape index (κ2) is 7.90. The first-order valence-electron chi connectivity index (χ1n) is 6.48. The molecule has 0 heterocycles. The van der Waals surface area contributed by atoms with Crippen molar-refractivity contribution in [1.82, 2.24) is 5.32 Å². The highest BCUT2D eigenvalue weighted by molar-refractivity contribution is 5.31. The molecule has 1 rings (SSSR count). The van der Waals surface area contributed by atoms with Crippen LogP contribution in [0.1, 0.15) is 31.9 Å². The average Bonchev–Trinajstić information content (AvgIpc) is 2.34. The number of nitrogens with two attached hydrogens (primary N) is 1. The Bertz CT molecular complexity index is 363. The molecule has 0 aliphatic carbocycles. The van der Waals surface area contributed by atoms with Gasteiger partial charge in [-0.1, -0.05) is 18.2 Å². The van der Waals surface area contributed by atoms with Gasteiger partial charge in [0, 0.05) is 12.6 Å². The van der Waals surface area contributed by atoms with E-state index < -0.39 is 0 Å². The maximum Gasteiger partial charge on any atom is 0.120 e. The van der Waals surface area contributed by atoms with Crippen LogP contribution in [0.25, 0.3) is 0 Å². The van der Waals surface area contributed by atoms with Gasteiger partial charge in [-0.2, -0.15) is 0 Å². The minimum atomic E-state index is 0.167. The summed E-state index contributed by atoms with van der Waals surface area (Å²) in [6, 6.07) is 8.27. The van der Waals surface area contributed by atoms with Crippen LogP contribution in [0, 0.1) is 0 Å². The summed E-state index contributed by atoms with van der Waals surface area (Å²) < 4.78 is 5.69. The normalized spacial score (nSPS) is 12.4. The quantitative estimate of drug-likeness (QED) is 0.549. The molecule has 0 aliphatic rings. The molecule has 1 atom stereocenters. The van der Waals surface area contributed by atoms with E-state index in [-0.39, 0.29) is 12.1 Å². The SMILES string of the molecule is C=CCCNC(CN)c1cccc(OC(C)C)c1. The largest absolute Gasteiger partial charge is 0.491 e. The monoisotopic (exact) mass is 248 g/mol. The molecule has 0 amide bonds. The lowest BCUT2D eigenvalue weighted by molar-refractivity contribution is 0.242. The first kappa shape index (κ1) is 14.7. The number of rotatable bonds is 8. The van der Waals surface area contributed by atoms with Gasteiger partial charge in [0.2, 0.25) is 0 Å². The van der Waals surface area contributed by atoms with E-state index in [9.17, 15) is 0 Å². The van der Waals surface area contributed by atoms with E-state index in [0.717, 1.165) is 18.7 Å². The van der Waals surface area contributed by atoms with Crippen LogP contribution in [0.5, 0.6) is 5.75 Å². The van der Waals surface area contributed by atoms with Crippen molar-refractivity contribution in [3.05, 3.63) is 42.5 Å². The van der Waals surface area contributed by atoms with E-state index in [1.165, 1.54) is 5.56 Å². The smallest absolute Gasteiger partial charge is 0.120 e. The molecule has 3 nitrogen and oxygen atoms in total. The fraction of sp³-hybridized carbons (Fsp3) is 0.467. The van der Waals surface area contributed by atoms with Crippen molar-refractivity contribution in [2.24, 2.45) is 5.73 Å². The van der Waals surface area contributed by atoms with Crippen LogP contribution in [-0.4, -0.2) is 19.2 Å². The van der Waals surface area contributed by atoms with E-state index in [1.54, 1.807) is 0 Å². The molecule has 3 heteroatoms. The molecule has 0 bridgehead atoms. The predicted molar refractivity (Wildman–Crippen MR) is 76.8 cm³/mol. The first-order valence-corrected chi connectivity index (χ1v) is 6.48. The van der Waals surface area contributed by atoms with E-state index in [0.29, 0.717) is 6.54 Å². The molecule has 1 aromatic rings. The fourth-order valence-electron chi connectivity index (χ4n) is 1.77. The van der Waals surface area contributed by atoms with E-state index in [4.69, 9.17) is 10.5 Å². The Morgan fingerprint density at radius 3 is 2.83 bits per heavy atom. The van der Waals surface area contributed by atoms with Crippen molar-refractivity contribution < 1.29 is 4.74 Å². The van der Waals surface area contributed by atoms with Crippen LogP contribution >= 0.6 is 0 Å². The summed E-state index contributed by atoms with van der Waals surface area (Å²) in [5.74, 6) is 0.895. The summed E-state index contributed by atoms with van der Waals surface area (Å²) in [7, 11) is 0. The molecular formula is C15H24N2O. The topological polar surface area (TPSA) is 47.3 Å². The van der Waals surface area contributed by atoms with Gasteiger partial charge in [-0.05, 0) is 44.5 Å². The predicted octanol–water partition coefficient (Wildman–Crippen LogP) is 2.64. The fourth-order valence-corrected chi connectivity index (χ4v) is 1.77. The summed E-state index contributed by atoms with van der Waals surface area (Å²) in [5.41, 5.74) is 6.98. The number of nitrogens with one attached hydrogen (secondary N) is 1. The third-order valence-corrected chi connectivity index (χ3v) is 2.61. The summed E-state index contributed by atoms with van der Waals surface area (Å²) in [6.07, 6.45) is 3.03. The third kappa shape index (κ3) is 4.90. The molecule has 0 saturated heterocycles. The zero-order chi connectivity index (χ0) is 13.4. The lowest BCUT2D eigenvalue weighted by atomic mass is 10.1. The van der Waals surface area contributed by atoms with Crippen LogP contribution in [0.3, 0.4) is 0 Å². The van der Waals surface area contributed by atoms with Crippen molar-refractivity contribution in [2.75, 3.05) is 13.1 Å². The van der Waals surface area contributed by atoms with Crippen LogP contribution in [0.2, 0.25) is 0 Å². The zero-order valence-electron chi connectivity index (χ0n) is 11.4. The van der Waals surface area contributed by atoms with Gasteiger partial charge in [0.05, 0.1) is 6.10 Å². The van der Waals surface area contributed by atoms with Gasteiger partial charge >= 0.3 is 0 Å². The van der Waals surface area contributed by atoms with Gasteiger partial charge in [-0.3, -0.25) is 0 Å². The summed E-state index contributed by atoms with van der Waals surface area (Å²) in [6.45, 7) is 9.22. The molecule has 1 unspecified atom stereocenters. The third-order valence-electron chi connectivity index (χ3n) is 2.61. The van der Waals surface area contributed by atoms with Crippen LogP contribution in [0.15, 0.2) is 36.9 Å². The van der Waals surface area contributed by atoms with E-state index >= 15 is 0 Å². The summed E-state index contributed by atoms with van der Waals surface area (Å²) in [5, 5.41) is 3.42. The Kier molecular flexibility index (Phi) is 6.47. The maximum atomic E-state index is 5.81. The van der Waals surface area contributed by atoms with E-state index in [1.807, 2.05) is 32.1 Å². The minimum Gasteiger partial charge on any atom is -0.491 e. The first-order chi connectivity index (χ1) is 8.67. The van der Waals surface area contributed by atoms with Crippen molar-refractivity contribution >= 4 is 0 Å². The zero-order valence-corrected chi connectivity index (χ0v) is 11.4. The summed E-state index contributed by atoms with van der Waals surface area (Å²) >= 11 is 0. The Morgan fingerprint density at radius 1 is 1.44 bits per heavy atom. The highest BCUT2D eigenvalue weighted by Crippen LogP contribution is 2.19. The average molecular weight is 248 g/mol. The molecule has 0 saturated carbocycles. The molecule has 0 aromatic heterocycles. The molecule has 18 heavy (non-hydrogen) atoms. The second-order valence-corrected chi connectivity index (χ2v) is 4.56. The number of hydrogen-bond donors (Lipinski definition) is 2. The second-order valence-electron chi connectivity index (χ2n) is 4.56. The van der Waals surface area contributed by atoms with Crippen LogP contribution < -0.4 is 15.8 Å². The molecule has 0 spiro atoms. The minimum absolute atomic E-state index is 0.167. The lowest BCUT2D eigenvalue weighted by Crippen LogP contribution is -2.28. The van der Waals surface area contributed by atoms with Crippen molar-refractivity contribution in [2.45, 2.75) is 32.4 Å². The van der Waals surface area contributed by atoms with Gasteiger partial charge in [0.1, 0.15) is 5.75 Å². The molecule has 0 aliphatic heterocycles. The Morgan fingerprint density at radius 2 is 2.22 bits per heavy atom. The summed E-state index contributed by atoms with van der Waals surface area (Å²) in [4.78, 5) is 0. The highest BCUT2D eigenvalue weighted by atomic mass is 16.5. The van der Waals surface area contributed by atoms with Gasteiger partial charge in [0.15, 0.2) is 0 Å². The van der Waals surface area contributed by atoms with E-state index in [2.05, 4.69) is 24.0 Å².